The van der Waals surface area contributed by atoms with Crippen molar-refractivity contribution in [2.75, 3.05) is 32.0 Å². The summed E-state index contributed by atoms with van der Waals surface area (Å²) >= 11 is 0. The monoisotopic (exact) mass is 379 g/mol. The maximum atomic E-state index is 12.8. The first-order valence-electron chi connectivity index (χ1n) is 11.4. The highest BCUT2D eigenvalue weighted by Gasteiger charge is 2.51. The van der Waals surface area contributed by atoms with E-state index in [0.717, 1.165) is 36.5 Å². The van der Waals surface area contributed by atoms with Crippen LogP contribution in [0.4, 0.5) is 10.5 Å². The summed E-state index contributed by atoms with van der Waals surface area (Å²) in [5.74, 6) is 3.57. The first-order chi connectivity index (χ1) is 13.6. The summed E-state index contributed by atoms with van der Waals surface area (Å²) in [6.45, 7) is 2.96. The van der Waals surface area contributed by atoms with Crippen LogP contribution in [0.15, 0.2) is 24.3 Å². The minimum Gasteiger partial charge on any atom is -0.323 e. The topological polar surface area (TPSA) is 35.6 Å². The summed E-state index contributed by atoms with van der Waals surface area (Å²) in [5.41, 5.74) is 2.92. The first kappa shape index (κ1) is 17.3. The zero-order chi connectivity index (χ0) is 18.9. The number of fused-ring (bicyclic) bond motifs is 1. The summed E-state index contributed by atoms with van der Waals surface area (Å²) in [4.78, 5) is 17.2. The number of amides is 2. The lowest BCUT2D eigenvalue weighted by molar-refractivity contribution is -0.00518. The Kier molecular flexibility index (Phi) is 3.85. The number of carbonyl (C=O) groups is 1. The average Bonchev–Trinajstić information content (AvgIpc) is 3.23. The first-order valence-corrected chi connectivity index (χ1v) is 11.4. The number of nitrogens with one attached hydrogen (secondary N) is 1. The van der Waals surface area contributed by atoms with E-state index in [2.05, 4.69) is 41.5 Å². The molecule has 2 saturated heterocycles. The standard InChI is InChI=1S/C24H33N3O/c1-26-7-6-19-14-27(15-22(19)26)23(28)25-21-4-2-20(3-5-21)24-11-16-8-17(12-24)10-18(9-16)13-24/h2-5,16-19,22H,6-15H2,1H3,(H,25,28)/t16?,17?,18?,19-,22+,24?/m1/s1. The number of anilines is 1. The van der Waals surface area contributed by atoms with E-state index in [1.54, 1.807) is 0 Å². The molecule has 1 aromatic rings. The molecule has 150 valence electrons. The summed E-state index contributed by atoms with van der Waals surface area (Å²) in [5, 5.41) is 3.16. The number of carbonyl (C=O) groups excluding carboxylic acids is 1. The van der Waals surface area contributed by atoms with Crippen LogP contribution in [-0.2, 0) is 5.41 Å². The van der Waals surface area contributed by atoms with E-state index in [1.165, 1.54) is 57.1 Å². The van der Waals surface area contributed by atoms with Gasteiger partial charge in [-0.25, -0.2) is 4.79 Å². The van der Waals surface area contributed by atoms with E-state index in [0.29, 0.717) is 17.4 Å². The van der Waals surface area contributed by atoms with Crippen molar-refractivity contribution < 1.29 is 4.79 Å². The Morgan fingerprint density at radius 1 is 1.00 bits per heavy atom. The molecule has 6 fully saturated rings. The van der Waals surface area contributed by atoms with Gasteiger partial charge in [-0.3, -0.25) is 0 Å². The highest BCUT2D eigenvalue weighted by molar-refractivity contribution is 5.89. The third-order valence-electron chi connectivity index (χ3n) is 8.90. The van der Waals surface area contributed by atoms with Crippen LogP contribution in [0.2, 0.25) is 0 Å². The normalized spacial score (nSPS) is 41.5. The SMILES string of the molecule is CN1CC[C@@H]2CN(C(=O)Nc3ccc(C45CC6CC(CC(C6)C4)C5)cc3)C[C@@H]21. The number of nitrogens with zero attached hydrogens (tertiary/aromatic N) is 2. The molecule has 0 unspecified atom stereocenters. The third-order valence-corrected chi connectivity index (χ3v) is 8.90. The average molecular weight is 380 g/mol. The Balaban J connectivity index is 1.14. The Bertz CT molecular complexity index is 737. The smallest absolute Gasteiger partial charge is 0.321 e. The fourth-order valence-electron chi connectivity index (χ4n) is 7.91. The van der Waals surface area contributed by atoms with Crippen molar-refractivity contribution in [2.45, 2.75) is 56.4 Å². The second-order valence-corrected chi connectivity index (χ2v) is 10.7. The molecule has 7 rings (SSSR count). The van der Waals surface area contributed by atoms with Gasteiger partial charge in [-0.05, 0) is 105 Å². The largest absolute Gasteiger partial charge is 0.323 e. The van der Waals surface area contributed by atoms with Gasteiger partial charge in [0.05, 0.1) is 0 Å². The molecule has 1 aromatic carbocycles. The number of hydrogen-bond acceptors (Lipinski definition) is 2. The highest BCUT2D eigenvalue weighted by atomic mass is 16.2. The van der Waals surface area contributed by atoms with E-state index in [4.69, 9.17) is 0 Å². The van der Waals surface area contributed by atoms with Crippen LogP contribution in [0.25, 0.3) is 0 Å². The number of likely N-dealkylation sites (tertiary alicyclic amines) is 2. The fraction of sp³-hybridized carbons (Fsp3) is 0.708. The van der Waals surface area contributed by atoms with E-state index in [1.807, 2.05) is 4.90 Å². The molecule has 0 aromatic heterocycles. The summed E-state index contributed by atoms with van der Waals surface area (Å²) in [6.07, 6.45) is 9.88. The van der Waals surface area contributed by atoms with Crippen LogP contribution in [0.3, 0.4) is 0 Å². The molecule has 2 heterocycles. The van der Waals surface area contributed by atoms with E-state index >= 15 is 0 Å². The Morgan fingerprint density at radius 3 is 2.25 bits per heavy atom. The zero-order valence-electron chi connectivity index (χ0n) is 17.1. The lowest BCUT2D eigenvalue weighted by Crippen LogP contribution is -2.48. The third kappa shape index (κ3) is 2.71. The molecule has 4 nitrogen and oxygen atoms in total. The van der Waals surface area contributed by atoms with Crippen molar-refractivity contribution in [1.29, 1.82) is 0 Å². The maximum absolute atomic E-state index is 12.8. The molecule has 28 heavy (non-hydrogen) atoms. The predicted molar refractivity (Wildman–Crippen MR) is 111 cm³/mol. The van der Waals surface area contributed by atoms with Crippen LogP contribution >= 0.6 is 0 Å². The van der Waals surface area contributed by atoms with Gasteiger partial charge in [0.25, 0.3) is 0 Å². The molecule has 2 atom stereocenters. The van der Waals surface area contributed by atoms with Gasteiger partial charge in [-0.15, -0.1) is 0 Å². The number of urea groups is 1. The van der Waals surface area contributed by atoms with Gasteiger partial charge in [-0.2, -0.15) is 0 Å². The van der Waals surface area contributed by atoms with Gasteiger partial charge < -0.3 is 15.1 Å². The maximum Gasteiger partial charge on any atom is 0.321 e. The molecule has 2 aliphatic heterocycles. The van der Waals surface area contributed by atoms with E-state index in [9.17, 15) is 4.79 Å². The molecule has 4 heteroatoms. The van der Waals surface area contributed by atoms with Crippen molar-refractivity contribution in [3.8, 4) is 0 Å². The van der Waals surface area contributed by atoms with Gasteiger partial charge >= 0.3 is 6.03 Å². The number of likely N-dealkylation sites (N-methyl/N-ethyl adjacent to an activating group) is 1. The van der Waals surface area contributed by atoms with E-state index in [-0.39, 0.29) is 6.03 Å². The van der Waals surface area contributed by atoms with Gasteiger partial charge in [0.15, 0.2) is 0 Å². The molecule has 1 N–H and O–H groups in total. The van der Waals surface area contributed by atoms with Crippen LogP contribution in [0.1, 0.15) is 50.5 Å². The molecular weight excluding hydrogens is 346 g/mol. The second kappa shape index (κ2) is 6.22. The molecular formula is C24H33N3O. The molecule has 0 radical (unpaired) electrons. The van der Waals surface area contributed by atoms with Crippen molar-refractivity contribution >= 4 is 11.7 Å². The van der Waals surface area contributed by atoms with E-state index < -0.39 is 0 Å². The summed E-state index contributed by atoms with van der Waals surface area (Å²) in [7, 11) is 2.19. The Morgan fingerprint density at radius 2 is 1.64 bits per heavy atom. The second-order valence-electron chi connectivity index (χ2n) is 10.7. The minimum absolute atomic E-state index is 0.0744. The van der Waals surface area contributed by atoms with Crippen LogP contribution in [-0.4, -0.2) is 48.6 Å². The van der Waals surface area contributed by atoms with Gasteiger partial charge in [0.2, 0.25) is 0 Å². The van der Waals surface area contributed by atoms with Crippen molar-refractivity contribution in [3.05, 3.63) is 29.8 Å². The quantitative estimate of drug-likeness (QED) is 0.830. The Hall–Kier alpha value is -1.55. The lowest BCUT2D eigenvalue weighted by Gasteiger charge is -2.57. The molecule has 0 spiro atoms. The lowest BCUT2D eigenvalue weighted by atomic mass is 9.48. The molecule has 4 bridgehead atoms. The molecule has 2 amide bonds. The van der Waals surface area contributed by atoms with Crippen LogP contribution in [0, 0.1) is 23.7 Å². The van der Waals surface area contributed by atoms with Gasteiger partial charge in [-0.1, -0.05) is 12.1 Å². The Labute approximate surface area is 168 Å². The zero-order valence-corrected chi connectivity index (χ0v) is 17.1. The van der Waals surface area contributed by atoms with Crippen molar-refractivity contribution in [1.82, 2.24) is 9.80 Å². The van der Waals surface area contributed by atoms with Crippen molar-refractivity contribution in [2.24, 2.45) is 23.7 Å². The summed E-state index contributed by atoms with van der Waals surface area (Å²) < 4.78 is 0. The minimum atomic E-state index is 0.0744. The molecule has 4 saturated carbocycles. The van der Waals surface area contributed by atoms with Crippen LogP contribution < -0.4 is 5.32 Å². The molecule has 6 aliphatic rings. The van der Waals surface area contributed by atoms with Gasteiger partial charge in [0.1, 0.15) is 0 Å². The predicted octanol–water partition coefficient (Wildman–Crippen LogP) is 4.32. The highest BCUT2D eigenvalue weighted by Crippen LogP contribution is 2.60. The number of rotatable bonds is 2. The number of benzene rings is 1. The number of hydrogen-bond donors (Lipinski definition) is 1. The summed E-state index contributed by atoms with van der Waals surface area (Å²) in [6, 6.07) is 9.56. The van der Waals surface area contributed by atoms with Crippen molar-refractivity contribution in [3.63, 3.8) is 0 Å². The van der Waals surface area contributed by atoms with Gasteiger partial charge in [0, 0.05) is 24.8 Å². The fourth-order valence-corrected chi connectivity index (χ4v) is 7.91. The van der Waals surface area contributed by atoms with Crippen LogP contribution in [0.5, 0.6) is 0 Å². The molecule has 4 aliphatic carbocycles.